The molecule has 1 aromatic heterocycles. The van der Waals surface area contributed by atoms with Crippen LogP contribution in [0.15, 0.2) is 12.3 Å². The molecule has 0 radical (unpaired) electrons. The summed E-state index contributed by atoms with van der Waals surface area (Å²) in [6.07, 6.45) is 8.38. The predicted octanol–water partition coefficient (Wildman–Crippen LogP) is 3.29. The summed E-state index contributed by atoms with van der Waals surface area (Å²) in [6.45, 7) is 6.69. The highest BCUT2D eigenvalue weighted by Crippen LogP contribution is 2.26. The van der Waals surface area contributed by atoms with Crippen molar-refractivity contribution in [1.29, 1.82) is 0 Å². The van der Waals surface area contributed by atoms with Crippen LogP contribution in [0.2, 0.25) is 0 Å². The highest BCUT2D eigenvalue weighted by atomic mass is 16.3. The van der Waals surface area contributed by atoms with E-state index in [1.807, 2.05) is 0 Å². The molecule has 2 rings (SSSR count). The normalized spacial score (nSPS) is 20.4. The number of nitrogens with zero attached hydrogens (tertiary/aromatic N) is 2. The fourth-order valence-corrected chi connectivity index (χ4v) is 3.12. The van der Waals surface area contributed by atoms with Gasteiger partial charge in [-0.3, -0.25) is 0 Å². The second-order valence-electron chi connectivity index (χ2n) is 5.71. The van der Waals surface area contributed by atoms with Gasteiger partial charge in [-0.05, 0) is 49.3 Å². The lowest BCUT2D eigenvalue weighted by atomic mass is 9.96. The van der Waals surface area contributed by atoms with E-state index in [-0.39, 0.29) is 6.61 Å². The first-order valence-corrected chi connectivity index (χ1v) is 7.56. The van der Waals surface area contributed by atoms with Crippen molar-refractivity contribution in [3.8, 4) is 0 Å². The van der Waals surface area contributed by atoms with Crippen LogP contribution in [0.5, 0.6) is 0 Å². The number of anilines is 1. The van der Waals surface area contributed by atoms with E-state index in [2.05, 4.69) is 29.8 Å². The standard InChI is InChI=1S/C16H26N2O/c1-3-5-14-6-4-8-18(9-7-14)16-13(2)10-15(12-19)11-17-16/h10-11,14,19H,3-9,12H2,1-2H3. The van der Waals surface area contributed by atoms with Crippen molar-refractivity contribution in [3.63, 3.8) is 0 Å². The Morgan fingerprint density at radius 3 is 2.89 bits per heavy atom. The molecule has 1 fully saturated rings. The van der Waals surface area contributed by atoms with Crippen LogP contribution in [0.25, 0.3) is 0 Å². The summed E-state index contributed by atoms with van der Waals surface area (Å²) in [6, 6.07) is 2.05. The minimum Gasteiger partial charge on any atom is -0.392 e. The van der Waals surface area contributed by atoms with Crippen molar-refractivity contribution >= 4 is 5.82 Å². The minimum atomic E-state index is 0.0761. The number of hydrogen-bond donors (Lipinski definition) is 1. The van der Waals surface area contributed by atoms with Crippen molar-refractivity contribution < 1.29 is 5.11 Å². The third kappa shape index (κ3) is 3.69. The van der Waals surface area contributed by atoms with E-state index in [9.17, 15) is 0 Å². The molecule has 1 atom stereocenters. The van der Waals surface area contributed by atoms with Gasteiger partial charge in [-0.1, -0.05) is 19.8 Å². The van der Waals surface area contributed by atoms with Gasteiger partial charge >= 0.3 is 0 Å². The van der Waals surface area contributed by atoms with E-state index in [0.29, 0.717) is 0 Å². The molecule has 1 N–H and O–H groups in total. The predicted molar refractivity (Wildman–Crippen MR) is 79.4 cm³/mol. The van der Waals surface area contributed by atoms with E-state index < -0.39 is 0 Å². The van der Waals surface area contributed by atoms with Gasteiger partial charge in [0.15, 0.2) is 0 Å². The van der Waals surface area contributed by atoms with Crippen molar-refractivity contribution in [2.75, 3.05) is 18.0 Å². The van der Waals surface area contributed by atoms with Gasteiger partial charge in [-0.2, -0.15) is 0 Å². The number of aliphatic hydroxyl groups is 1. The molecular weight excluding hydrogens is 236 g/mol. The number of pyridine rings is 1. The van der Waals surface area contributed by atoms with Gasteiger partial charge < -0.3 is 10.0 Å². The molecule has 0 amide bonds. The van der Waals surface area contributed by atoms with Crippen LogP contribution in [0.4, 0.5) is 5.82 Å². The summed E-state index contributed by atoms with van der Waals surface area (Å²) in [7, 11) is 0. The third-order valence-electron chi connectivity index (χ3n) is 4.13. The van der Waals surface area contributed by atoms with Crippen LogP contribution < -0.4 is 4.90 Å². The quantitative estimate of drug-likeness (QED) is 0.904. The smallest absolute Gasteiger partial charge is 0.131 e. The first-order chi connectivity index (χ1) is 9.24. The largest absolute Gasteiger partial charge is 0.392 e. The summed E-state index contributed by atoms with van der Waals surface area (Å²) in [5.41, 5.74) is 2.08. The average molecular weight is 262 g/mol. The van der Waals surface area contributed by atoms with E-state index in [1.54, 1.807) is 6.20 Å². The summed E-state index contributed by atoms with van der Waals surface area (Å²) in [5.74, 6) is 2.00. The lowest BCUT2D eigenvalue weighted by Crippen LogP contribution is -2.26. The Kier molecular flexibility index (Phi) is 5.20. The molecular formula is C16H26N2O. The number of aryl methyl sites for hydroxylation is 1. The molecule has 0 bridgehead atoms. The fraction of sp³-hybridized carbons (Fsp3) is 0.688. The first-order valence-electron chi connectivity index (χ1n) is 7.56. The zero-order valence-electron chi connectivity index (χ0n) is 12.2. The summed E-state index contributed by atoms with van der Waals surface area (Å²) in [5, 5.41) is 9.15. The van der Waals surface area contributed by atoms with Crippen molar-refractivity contribution in [2.45, 2.75) is 52.6 Å². The topological polar surface area (TPSA) is 36.4 Å². The van der Waals surface area contributed by atoms with E-state index >= 15 is 0 Å². The van der Waals surface area contributed by atoms with Crippen LogP contribution in [-0.4, -0.2) is 23.2 Å². The maximum Gasteiger partial charge on any atom is 0.131 e. The van der Waals surface area contributed by atoms with Crippen LogP contribution >= 0.6 is 0 Å². The summed E-state index contributed by atoms with van der Waals surface area (Å²) in [4.78, 5) is 6.97. The lowest BCUT2D eigenvalue weighted by Gasteiger charge is -2.23. The van der Waals surface area contributed by atoms with Gasteiger partial charge in [0.2, 0.25) is 0 Å². The molecule has 3 heteroatoms. The van der Waals surface area contributed by atoms with Crippen LogP contribution in [0.3, 0.4) is 0 Å². The Bertz CT molecular complexity index is 406. The SMILES string of the molecule is CCCC1CCCN(c2ncc(CO)cc2C)CC1. The van der Waals surface area contributed by atoms with Crippen LogP contribution in [0, 0.1) is 12.8 Å². The fourth-order valence-electron chi connectivity index (χ4n) is 3.12. The average Bonchev–Trinajstić information content (AvgIpc) is 2.65. The number of rotatable bonds is 4. The second kappa shape index (κ2) is 6.90. The first kappa shape index (κ1) is 14.3. The van der Waals surface area contributed by atoms with Crippen molar-refractivity contribution in [1.82, 2.24) is 4.98 Å². The van der Waals surface area contributed by atoms with E-state index in [1.165, 1.54) is 37.7 Å². The highest BCUT2D eigenvalue weighted by molar-refractivity contribution is 5.47. The van der Waals surface area contributed by atoms with Gasteiger partial charge in [0, 0.05) is 19.3 Å². The van der Waals surface area contributed by atoms with Crippen LogP contribution in [0.1, 0.15) is 50.2 Å². The lowest BCUT2D eigenvalue weighted by molar-refractivity contribution is 0.281. The Morgan fingerprint density at radius 2 is 2.21 bits per heavy atom. The number of aromatic nitrogens is 1. The molecule has 1 unspecified atom stereocenters. The van der Waals surface area contributed by atoms with Crippen molar-refractivity contribution in [2.24, 2.45) is 5.92 Å². The highest BCUT2D eigenvalue weighted by Gasteiger charge is 2.18. The summed E-state index contributed by atoms with van der Waals surface area (Å²) >= 11 is 0. The Morgan fingerprint density at radius 1 is 1.37 bits per heavy atom. The number of aliphatic hydroxyl groups excluding tert-OH is 1. The molecule has 19 heavy (non-hydrogen) atoms. The van der Waals surface area contributed by atoms with Crippen molar-refractivity contribution in [3.05, 3.63) is 23.4 Å². The van der Waals surface area contributed by atoms with Gasteiger partial charge in [0.1, 0.15) is 5.82 Å². The van der Waals surface area contributed by atoms with Gasteiger partial charge in [-0.15, -0.1) is 0 Å². The molecule has 2 heterocycles. The second-order valence-corrected chi connectivity index (χ2v) is 5.71. The molecule has 3 nitrogen and oxygen atoms in total. The van der Waals surface area contributed by atoms with Gasteiger partial charge in [-0.25, -0.2) is 4.98 Å². The molecule has 0 aliphatic carbocycles. The monoisotopic (exact) mass is 262 g/mol. The molecule has 1 aromatic rings. The van der Waals surface area contributed by atoms with Crippen LogP contribution in [-0.2, 0) is 6.61 Å². The molecule has 1 aliphatic rings. The maximum absolute atomic E-state index is 9.15. The molecule has 0 aromatic carbocycles. The molecule has 0 saturated carbocycles. The van der Waals surface area contributed by atoms with E-state index in [4.69, 9.17) is 5.11 Å². The van der Waals surface area contributed by atoms with Gasteiger partial charge in [0.25, 0.3) is 0 Å². The molecule has 1 aliphatic heterocycles. The Labute approximate surface area is 116 Å². The van der Waals surface area contributed by atoms with Gasteiger partial charge in [0.05, 0.1) is 6.61 Å². The molecule has 1 saturated heterocycles. The zero-order chi connectivity index (χ0) is 13.7. The van der Waals surface area contributed by atoms with E-state index in [0.717, 1.165) is 30.4 Å². The summed E-state index contributed by atoms with van der Waals surface area (Å²) < 4.78 is 0. The molecule has 0 spiro atoms. The Balaban J connectivity index is 2.05. The molecule has 106 valence electrons. The minimum absolute atomic E-state index is 0.0761. The number of hydrogen-bond acceptors (Lipinski definition) is 3. The maximum atomic E-state index is 9.15. The third-order valence-corrected chi connectivity index (χ3v) is 4.13. The zero-order valence-corrected chi connectivity index (χ0v) is 12.2. The Hall–Kier alpha value is -1.09.